The summed E-state index contributed by atoms with van der Waals surface area (Å²) < 4.78 is 33.4. The van der Waals surface area contributed by atoms with Gasteiger partial charge in [-0.05, 0) is 83.5 Å². The molecule has 0 aliphatic carbocycles. The van der Waals surface area contributed by atoms with Gasteiger partial charge >= 0.3 is 13.8 Å². The fraction of sp³-hybridized carbons (Fsp3) is 0.766. The van der Waals surface area contributed by atoms with Gasteiger partial charge in [-0.15, -0.1) is 0 Å². The van der Waals surface area contributed by atoms with Crippen LogP contribution in [-0.4, -0.2) is 49.9 Å². The Hall–Kier alpha value is -1.80. The maximum absolute atomic E-state index is 12.6. The molecular weight excluding hydrogens is 721 g/mol. The third-order valence-electron chi connectivity index (χ3n) is 9.41. The summed E-state index contributed by atoms with van der Waals surface area (Å²) >= 11 is 0. The summed E-state index contributed by atoms with van der Waals surface area (Å²) in [6, 6.07) is 0. The molecule has 0 aliphatic heterocycles. The number of phosphoric acid groups is 1. The van der Waals surface area contributed by atoms with Crippen molar-refractivity contribution in [1.82, 2.24) is 0 Å². The minimum absolute atomic E-state index is 0.0936. The third-order valence-corrected chi connectivity index (χ3v) is 10.4. The summed E-state index contributed by atoms with van der Waals surface area (Å²) in [6.45, 7) is 4.84. The molecule has 0 fully saturated rings. The SMILES string of the molecule is CCCCC/C=C\C/C=C\CCCCCCCC(=O)OC(COCCCCCCCCC/C=C\C/C=C\C/C=C\CCCCCCC)COP(=O)(O)OCCN. The van der Waals surface area contributed by atoms with E-state index in [2.05, 4.69) is 74.6 Å². The summed E-state index contributed by atoms with van der Waals surface area (Å²) in [6.07, 6.45) is 53.8. The number of carbonyl (C=O) groups is 1. The molecule has 56 heavy (non-hydrogen) atoms. The van der Waals surface area contributed by atoms with Gasteiger partial charge in [-0.25, -0.2) is 4.57 Å². The zero-order valence-corrected chi connectivity index (χ0v) is 37.0. The first-order chi connectivity index (χ1) is 27.4. The van der Waals surface area contributed by atoms with Crippen molar-refractivity contribution in [1.29, 1.82) is 0 Å². The summed E-state index contributed by atoms with van der Waals surface area (Å²) in [5.74, 6) is -0.349. The molecule has 2 atom stereocenters. The number of carbonyl (C=O) groups excluding carboxylic acids is 1. The van der Waals surface area contributed by atoms with E-state index in [0.717, 1.165) is 77.0 Å². The maximum Gasteiger partial charge on any atom is 0.472 e. The van der Waals surface area contributed by atoms with Crippen LogP contribution in [0.25, 0.3) is 0 Å². The van der Waals surface area contributed by atoms with Gasteiger partial charge in [-0.2, -0.15) is 0 Å². The smallest absolute Gasteiger partial charge is 0.457 e. The Morgan fingerprint density at radius 1 is 0.536 bits per heavy atom. The minimum Gasteiger partial charge on any atom is -0.457 e. The van der Waals surface area contributed by atoms with Crippen LogP contribution in [0, 0.1) is 0 Å². The van der Waals surface area contributed by atoms with Gasteiger partial charge in [0.05, 0.1) is 19.8 Å². The van der Waals surface area contributed by atoms with Crippen molar-refractivity contribution in [3.05, 3.63) is 60.8 Å². The number of ether oxygens (including phenoxy) is 2. The summed E-state index contributed by atoms with van der Waals surface area (Å²) in [5.41, 5.74) is 5.37. The maximum atomic E-state index is 12.6. The van der Waals surface area contributed by atoms with Crippen LogP contribution in [0.2, 0.25) is 0 Å². The van der Waals surface area contributed by atoms with Gasteiger partial charge in [0.15, 0.2) is 0 Å². The summed E-state index contributed by atoms with van der Waals surface area (Å²) in [5, 5.41) is 0. The standard InChI is InChI=1S/C47H86NO7P/c1-3-5-7-9-11-13-15-17-19-20-21-22-23-24-25-27-29-31-33-35-37-39-42-52-44-46(45-54-56(50,51)53-43-41-48)55-47(49)40-38-36-34-32-30-28-26-18-16-14-12-10-8-6-4-2/h12,14-15,17-18,20-21,23-24,26,46H,3-11,13,16,19,22,25,27-45,48H2,1-2H3,(H,50,51)/b14-12-,17-15-,21-20-,24-23-,26-18-. The molecule has 0 amide bonds. The van der Waals surface area contributed by atoms with Gasteiger partial charge in [0.1, 0.15) is 6.10 Å². The van der Waals surface area contributed by atoms with E-state index >= 15 is 0 Å². The van der Waals surface area contributed by atoms with Crippen molar-refractivity contribution >= 4 is 13.8 Å². The van der Waals surface area contributed by atoms with E-state index in [4.69, 9.17) is 24.3 Å². The Morgan fingerprint density at radius 2 is 0.946 bits per heavy atom. The first-order valence-electron chi connectivity index (χ1n) is 22.8. The quantitative estimate of drug-likeness (QED) is 0.0271. The van der Waals surface area contributed by atoms with Gasteiger partial charge in [-0.3, -0.25) is 13.8 Å². The lowest BCUT2D eigenvalue weighted by Crippen LogP contribution is -2.28. The lowest BCUT2D eigenvalue weighted by Gasteiger charge is -2.20. The van der Waals surface area contributed by atoms with E-state index in [1.54, 1.807) is 0 Å². The van der Waals surface area contributed by atoms with Gasteiger partial charge in [0, 0.05) is 19.6 Å². The van der Waals surface area contributed by atoms with Gasteiger partial charge in [-0.1, -0.05) is 164 Å². The molecule has 0 aromatic heterocycles. The van der Waals surface area contributed by atoms with Gasteiger partial charge in [0.25, 0.3) is 0 Å². The first-order valence-corrected chi connectivity index (χ1v) is 24.3. The van der Waals surface area contributed by atoms with Crippen LogP contribution in [0.4, 0.5) is 0 Å². The molecule has 0 saturated carbocycles. The second kappa shape index (κ2) is 44.3. The molecule has 0 aliphatic rings. The molecule has 326 valence electrons. The van der Waals surface area contributed by atoms with Crippen LogP contribution < -0.4 is 5.73 Å². The Bertz CT molecular complexity index is 1040. The molecule has 3 N–H and O–H groups in total. The molecule has 0 spiro atoms. The molecule has 2 unspecified atom stereocenters. The lowest BCUT2D eigenvalue weighted by atomic mass is 10.1. The molecule has 0 bridgehead atoms. The average molecular weight is 808 g/mol. The topological polar surface area (TPSA) is 117 Å². The molecule has 8 nitrogen and oxygen atoms in total. The second-order valence-electron chi connectivity index (χ2n) is 14.9. The molecule has 0 radical (unpaired) electrons. The first kappa shape index (κ1) is 54.2. The summed E-state index contributed by atoms with van der Waals surface area (Å²) in [4.78, 5) is 22.5. The van der Waals surface area contributed by atoms with Gasteiger partial charge < -0.3 is 20.1 Å². The van der Waals surface area contributed by atoms with Crippen molar-refractivity contribution < 1.29 is 32.8 Å². The molecule has 9 heteroatoms. The fourth-order valence-electron chi connectivity index (χ4n) is 6.03. The minimum atomic E-state index is -4.29. The van der Waals surface area contributed by atoms with Crippen LogP contribution in [-0.2, 0) is 27.9 Å². The predicted molar refractivity (Wildman–Crippen MR) is 238 cm³/mol. The van der Waals surface area contributed by atoms with Crippen LogP contribution in [0.3, 0.4) is 0 Å². The van der Waals surface area contributed by atoms with E-state index < -0.39 is 13.9 Å². The number of phosphoric ester groups is 1. The lowest BCUT2D eigenvalue weighted by molar-refractivity contribution is -0.154. The number of rotatable bonds is 43. The van der Waals surface area contributed by atoms with E-state index in [1.807, 2.05) is 0 Å². The largest absolute Gasteiger partial charge is 0.472 e. The Balaban J connectivity index is 4.05. The van der Waals surface area contributed by atoms with Crippen molar-refractivity contribution in [2.45, 2.75) is 200 Å². The van der Waals surface area contributed by atoms with Crippen molar-refractivity contribution in [3.8, 4) is 0 Å². The fourth-order valence-corrected chi connectivity index (χ4v) is 6.80. The number of hydrogen-bond donors (Lipinski definition) is 2. The molecule has 0 rings (SSSR count). The summed E-state index contributed by atoms with van der Waals surface area (Å²) in [7, 11) is -4.29. The van der Waals surface area contributed by atoms with Crippen LogP contribution in [0.15, 0.2) is 60.8 Å². The van der Waals surface area contributed by atoms with Crippen LogP contribution in [0.1, 0.15) is 194 Å². The average Bonchev–Trinajstić information content (AvgIpc) is 3.19. The van der Waals surface area contributed by atoms with Gasteiger partial charge in [0.2, 0.25) is 0 Å². The van der Waals surface area contributed by atoms with Crippen molar-refractivity contribution in [2.75, 3.05) is 33.0 Å². The number of nitrogens with two attached hydrogens (primary N) is 1. The second-order valence-corrected chi connectivity index (χ2v) is 16.4. The Morgan fingerprint density at radius 3 is 1.45 bits per heavy atom. The number of allylic oxidation sites excluding steroid dienone is 10. The van der Waals surface area contributed by atoms with Crippen LogP contribution >= 0.6 is 7.82 Å². The monoisotopic (exact) mass is 808 g/mol. The number of unbranched alkanes of at least 4 members (excludes halogenated alkanes) is 20. The third kappa shape index (κ3) is 43.3. The van der Waals surface area contributed by atoms with Crippen LogP contribution in [0.5, 0.6) is 0 Å². The zero-order valence-electron chi connectivity index (χ0n) is 36.1. The van der Waals surface area contributed by atoms with E-state index in [-0.39, 0.29) is 32.3 Å². The molecular formula is C47H86NO7P. The zero-order chi connectivity index (χ0) is 40.9. The van der Waals surface area contributed by atoms with E-state index in [1.165, 1.54) is 96.3 Å². The highest BCUT2D eigenvalue weighted by atomic mass is 31.2. The van der Waals surface area contributed by atoms with Crippen molar-refractivity contribution in [3.63, 3.8) is 0 Å². The molecule has 0 aromatic carbocycles. The van der Waals surface area contributed by atoms with E-state index in [0.29, 0.717) is 13.0 Å². The Labute approximate surface area is 344 Å². The predicted octanol–water partition coefficient (Wildman–Crippen LogP) is 13.8. The number of esters is 1. The van der Waals surface area contributed by atoms with E-state index in [9.17, 15) is 14.3 Å². The molecule has 0 heterocycles. The highest BCUT2D eigenvalue weighted by Gasteiger charge is 2.25. The highest BCUT2D eigenvalue weighted by molar-refractivity contribution is 7.47. The number of hydrogen-bond acceptors (Lipinski definition) is 7. The highest BCUT2D eigenvalue weighted by Crippen LogP contribution is 2.43. The Kier molecular flexibility index (Phi) is 42.9. The van der Waals surface area contributed by atoms with Crippen molar-refractivity contribution in [2.24, 2.45) is 5.73 Å². The molecule has 0 saturated heterocycles. The normalized spacial score (nSPS) is 14.0. The molecule has 0 aromatic rings.